The molecular formula is C15H9ClF4N4O2. The molecular weight excluding hydrogens is 380 g/mol. The van der Waals surface area contributed by atoms with E-state index in [0.717, 1.165) is 13.1 Å². The summed E-state index contributed by atoms with van der Waals surface area (Å²) in [7, 11) is 2.23. The van der Waals surface area contributed by atoms with Gasteiger partial charge in [0.1, 0.15) is 22.8 Å². The molecule has 0 bridgehead atoms. The van der Waals surface area contributed by atoms with E-state index in [-0.39, 0.29) is 17.0 Å². The van der Waals surface area contributed by atoms with E-state index in [2.05, 4.69) is 15.0 Å². The molecule has 3 rings (SSSR count). The molecule has 1 aromatic carbocycles. The van der Waals surface area contributed by atoms with Crippen LogP contribution in [0.3, 0.4) is 0 Å². The second kappa shape index (κ2) is 6.20. The standard InChI is InChI=1S/C15H9ClF4N4O2/c1-24-12(25)11-10(21-13(24)15(18,19)20)9(22-14(16)23-11)7-4-3-6(26-2)5-8(7)17/h3-5H,1-2H3. The van der Waals surface area contributed by atoms with Crippen molar-refractivity contribution in [2.24, 2.45) is 7.05 Å². The first kappa shape index (κ1) is 18.1. The Morgan fingerprint density at radius 3 is 2.42 bits per heavy atom. The van der Waals surface area contributed by atoms with Crippen molar-refractivity contribution < 1.29 is 22.3 Å². The summed E-state index contributed by atoms with van der Waals surface area (Å²) in [6, 6.07) is 3.63. The van der Waals surface area contributed by atoms with Crippen LogP contribution in [0.15, 0.2) is 23.0 Å². The van der Waals surface area contributed by atoms with E-state index in [4.69, 9.17) is 16.3 Å². The molecule has 0 unspecified atom stereocenters. The number of aromatic nitrogens is 4. The Morgan fingerprint density at radius 1 is 1.15 bits per heavy atom. The number of alkyl halides is 3. The Kier molecular flexibility index (Phi) is 4.31. The third-order valence-corrected chi connectivity index (χ3v) is 3.75. The van der Waals surface area contributed by atoms with Crippen LogP contribution in [-0.4, -0.2) is 26.6 Å². The lowest BCUT2D eigenvalue weighted by Crippen LogP contribution is -2.28. The van der Waals surface area contributed by atoms with Crippen molar-refractivity contribution >= 4 is 22.6 Å². The normalized spacial score (nSPS) is 11.8. The number of rotatable bonds is 2. The van der Waals surface area contributed by atoms with Gasteiger partial charge in [-0.15, -0.1) is 0 Å². The first-order valence-corrected chi connectivity index (χ1v) is 7.36. The van der Waals surface area contributed by atoms with Crippen LogP contribution in [0.4, 0.5) is 17.6 Å². The first-order valence-electron chi connectivity index (χ1n) is 6.99. The van der Waals surface area contributed by atoms with Crippen LogP contribution in [-0.2, 0) is 13.2 Å². The van der Waals surface area contributed by atoms with E-state index in [1.807, 2.05) is 0 Å². The van der Waals surface area contributed by atoms with Crippen molar-refractivity contribution in [1.82, 2.24) is 19.5 Å². The fourth-order valence-electron chi connectivity index (χ4n) is 2.37. The average molecular weight is 389 g/mol. The molecule has 0 saturated heterocycles. The van der Waals surface area contributed by atoms with E-state index < -0.39 is 39.7 Å². The largest absolute Gasteiger partial charge is 0.497 e. The zero-order valence-corrected chi connectivity index (χ0v) is 14.0. The fourth-order valence-corrected chi connectivity index (χ4v) is 2.54. The Bertz CT molecular complexity index is 1080. The predicted octanol–water partition coefficient (Wildman–Crippen LogP) is 3.21. The van der Waals surface area contributed by atoms with Gasteiger partial charge in [0.05, 0.1) is 7.11 Å². The van der Waals surface area contributed by atoms with Crippen LogP contribution in [0.2, 0.25) is 5.28 Å². The number of halogens is 5. The molecule has 0 amide bonds. The molecule has 0 aliphatic carbocycles. The number of hydrogen-bond donors (Lipinski definition) is 0. The SMILES string of the molecule is COc1ccc(-c2nc(Cl)nc3c(=O)n(C)c(C(F)(F)F)nc23)c(F)c1. The second-order valence-electron chi connectivity index (χ2n) is 5.18. The highest BCUT2D eigenvalue weighted by Gasteiger charge is 2.37. The summed E-state index contributed by atoms with van der Waals surface area (Å²) in [5.74, 6) is -2.11. The van der Waals surface area contributed by atoms with Gasteiger partial charge in [-0.1, -0.05) is 0 Å². The van der Waals surface area contributed by atoms with Crippen molar-refractivity contribution in [1.29, 1.82) is 0 Å². The summed E-state index contributed by atoms with van der Waals surface area (Å²) in [6.07, 6.45) is -4.91. The smallest absolute Gasteiger partial charge is 0.449 e. The minimum atomic E-state index is -4.91. The quantitative estimate of drug-likeness (QED) is 0.498. The highest BCUT2D eigenvalue weighted by atomic mass is 35.5. The second-order valence-corrected chi connectivity index (χ2v) is 5.52. The van der Waals surface area contributed by atoms with Gasteiger partial charge in [-0.3, -0.25) is 9.36 Å². The van der Waals surface area contributed by atoms with Crippen molar-refractivity contribution in [3.8, 4) is 17.0 Å². The van der Waals surface area contributed by atoms with Gasteiger partial charge < -0.3 is 4.74 Å². The van der Waals surface area contributed by atoms with Crippen LogP contribution >= 0.6 is 11.6 Å². The lowest BCUT2D eigenvalue weighted by molar-refractivity contribution is -0.147. The molecule has 136 valence electrons. The predicted molar refractivity (Wildman–Crippen MR) is 84.5 cm³/mol. The highest BCUT2D eigenvalue weighted by Crippen LogP contribution is 2.32. The van der Waals surface area contributed by atoms with E-state index in [1.54, 1.807) is 0 Å². The first-order chi connectivity index (χ1) is 12.1. The topological polar surface area (TPSA) is 69.9 Å². The summed E-state index contributed by atoms with van der Waals surface area (Å²) in [5, 5.41) is -0.429. The number of hydrogen-bond acceptors (Lipinski definition) is 5. The monoisotopic (exact) mass is 388 g/mol. The maximum Gasteiger partial charge on any atom is 0.449 e. The van der Waals surface area contributed by atoms with Crippen LogP contribution in [0, 0.1) is 5.82 Å². The molecule has 2 heterocycles. The lowest BCUT2D eigenvalue weighted by atomic mass is 10.1. The molecule has 0 aliphatic rings. The molecule has 3 aromatic rings. The Morgan fingerprint density at radius 2 is 1.85 bits per heavy atom. The summed E-state index contributed by atoms with van der Waals surface area (Å²) >= 11 is 5.77. The maximum atomic E-state index is 14.4. The molecule has 0 spiro atoms. The van der Waals surface area contributed by atoms with Gasteiger partial charge in [0.25, 0.3) is 5.56 Å². The van der Waals surface area contributed by atoms with Crippen molar-refractivity contribution in [2.75, 3.05) is 7.11 Å². The Labute approximate surface area is 148 Å². The van der Waals surface area contributed by atoms with E-state index >= 15 is 0 Å². The molecule has 0 radical (unpaired) electrons. The minimum Gasteiger partial charge on any atom is -0.497 e. The number of nitrogens with zero attached hydrogens (tertiary/aromatic N) is 4. The van der Waals surface area contributed by atoms with Gasteiger partial charge in [0.2, 0.25) is 11.1 Å². The minimum absolute atomic E-state index is 0.190. The molecule has 11 heteroatoms. The molecule has 0 fully saturated rings. The molecule has 0 N–H and O–H groups in total. The van der Waals surface area contributed by atoms with Crippen molar-refractivity contribution in [3.63, 3.8) is 0 Å². The average Bonchev–Trinajstić information content (AvgIpc) is 2.56. The van der Waals surface area contributed by atoms with Gasteiger partial charge in [-0.05, 0) is 23.7 Å². The molecule has 0 saturated carbocycles. The summed E-state index contributed by atoms with van der Waals surface area (Å²) in [4.78, 5) is 23.2. The van der Waals surface area contributed by atoms with Crippen LogP contribution in [0.1, 0.15) is 5.82 Å². The van der Waals surface area contributed by atoms with Crippen molar-refractivity contribution in [2.45, 2.75) is 6.18 Å². The molecule has 0 aliphatic heterocycles. The summed E-state index contributed by atoms with van der Waals surface area (Å²) < 4.78 is 59.1. The third-order valence-electron chi connectivity index (χ3n) is 3.58. The molecule has 26 heavy (non-hydrogen) atoms. The highest BCUT2D eigenvalue weighted by molar-refractivity contribution is 6.28. The van der Waals surface area contributed by atoms with Crippen LogP contribution < -0.4 is 10.3 Å². The van der Waals surface area contributed by atoms with Gasteiger partial charge in [-0.2, -0.15) is 13.2 Å². The maximum absolute atomic E-state index is 14.4. The van der Waals surface area contributed by atoms with Gasteiger partial charge in [0, 0.05) is 18.7 Å². The van der Waals surface area contributed by atoms with E-state index in [1.165, 1.54) is 19.2 Å². The number of benzene rings is 1. The zero-order chi connectivity index (χ0) is 19.2. The van der Waals surface area contributed by atoms with E-state index in [9.17, 15) is 22.4 Å². The van der Waals surface area contributed by atoms with Gasteiger partial charge in [-0.25, -0.2) is 19.3 Å². The number of methoxy groups -OCH3 is 1. The molecule has 2 aromatic heterocycles. The van der Waals surface area contributed by atoms with Crippen LogP contribution in [0.25, 0.3) is 22.3 Å². The van der Waals surface area contributed by atoms with Gasteiger partial charge in [0.15, 0.2) is 5.52 Å². The fraction of sp³-hybridized carbons (Fsp3) is 0.200. The Hall–Kier alpha value is -2.75. The van der Waals surface area contributed by atoms with Crippen LogP contribution in [0.5, 0.6) is 5.75 Å². The summed E-state index contributed by atoms with van der Waals surface area (Å²) in [6.45, 7) is 0. The number of fused-ring (bicyclic) bond motifs is 1. The van der Waals surface area contributed by atoms with Gasteiger partial charge >= 0.3 is 6.18 Å². The Balaban J connectivity index is 2.43. The number of ether oxygens (including phenoxy) is 1. The lowest BCUT2D eigenvalue weighted by Gasteiger charge is -2.13. The molecule has 0 atom stereocenters. The molecule has 6 nitrogen and oxygen atoms in total. The van der Waals surface area contributed by atoms with E-state index in [0.29, 0.717) is 4.57 Å². The third kappa shape index (κ3) is 2.96. The van der Waals surface area contributed by atoms with Crippen molar-refractivity contribution in [3.05, 3.63) is 45.5 Å². The zero-order valence-electron chi connectivity index (χ0n) is 13.2. The summed E-state index contributed by atoms with van der Waals surface area (Å²) in [5.41, 5.74) is -2.57.